The number of para-hydroxylation sites is 2. The topological polar surface area (TPSA) is 64.6 Å². The summed E-state index contributed by atoms with van der Waals surface area (Å²) in [5.74, 6) is 0. The van der Waals surface area contributed by atoms with E-state index in [1.807, 2.05) is 31.2 Å². The van der Waals surface area contributed by atoms with Gasteiger partial charge in [0.15, 0.2) is 0 Å². The van der Waals surface area contributed by atoms with Crippen LogP contribution in [-0.4, -0.2) is 36.9 Å². The normalized spacial score (nSPS) is 15.8. The van der Waals surface area contributed by atoms with E-state index in [0.29, 0.717) is 6.42 Å². The molecule has 1 aromatic carbocycles. The highest BCUT2D eigenvalue weighted by atomic mass is 16.3. The average molecular weight is 291 g/mol. The van der Waals surface area contributed by atoms with Gasteiger partial charge in [0.2, 0.25) is 0 Å². The molecule has 0 bridgehead atoms. The van der Waals surface area contributed by atoms with Crippen molar-refractivity contribution in [3.8, 4) is 0 Å². The molecule has 1 heterocycles. The Hall–Kier alpha value is -1.75. The maximum absolute atomic E-state index is 12.1. The number of nitrogens with zero attached hydrogens (tertiary/aromatic N) is 1. The molecule has 0 saturated carbocycles. The maximum atomic E-state index is 12.1. The molecule has 2 rings (SSSR count). The van der Waals surface area contributed by atoms with Crippen molar-refractivity contribution in [2.75, 3.05) is 29.9 Å². The van der Waals surface area contributed by atoms with Crippen LogP contribution in [0.25, 0.3) is 0 Å². The van der Waals surface area contributed by atoms with Gasteiger partial charge in [0.25, 0.3) is 0 Å². The number of carbonyl (C=O) groups excluding carboxylic acids is 1. The van der Waals surface area contributed by atoms with Crippen LogP contribution in [-0.2, 0) is 0 Å². The predicted molar refractivity (Wildman–Crippen MR) is 85.8 cm³/mol. The number of aliphatic hydroxyl groups is 1. The highest BCUT2D eigenvalue weighted by Gasteiger charge is 2.17. The lowest BCUT2D eigenvalue weighted by Gasteiger charge is -2.22. The van der Waals surface area contributed by atoms with E-state index in [-0.39, 0.29) is 18.7 Å². The van der Waals surface area contributed by atoms with Gasteiger partial charge in [-0.15, -0.1) is 0 Å². The number of carbonyl (C=O) groups is 1. The molecule has 3 N–H and O–H groups in total. The van der Waals surface area contributed by atoms with Crippen molar-refractivity contribution in [1.29, 1.82) is 0 Å². The summed E-state index contributed by atoms with van der Waals surface area (Å²) in [7, 11) is 0. The molecule has 1 aliphatic rings. The molecule has 1 aliphatic heterocycles. The van der Waals surface area contributed by atoms with E-state index in [4.69, 9.17) is 5.11 Å². The van der Waals surface area contributed by atoms with Gasteiger partial charge in [-0.3, -0.25) is 0 Å². The second kappa shape index (κ2) is 7.88. The van der Waals surface area contributed by atoms with Crippen LogP contribution in [0.2, 0.25) is 0 Å². The highest BCUT2D eigenvalue weighted by molar-refractivity contribution is 5.93. The van der Waals surface area contributed by atoms with Gasteiger partial charge in [-0.2, -0.15) is 0 Å². The molecule has 1 fully saturated rings. The molecular formula is C16H25N3O2. The molecule has 0 radical (unpaired) electrons. The number of rotatable bonds is 6. The molecule has 0 spiro atoms. The zero-order chi connectivity index (χ0) is 15.1. The summed E-state index contributed by atoms with van der Waals surface area (Å²) in [5, 5.41) is 14.8. The van der Waals surface area contributed by atoms with Gasteiger partial charge in [0.05, 0.1) is 11.4 Å². The highest BCUT2D eigenvalue weighted by Crippen LogP contribution is 2.28. The smallest absolute Gasteiger partial charge is 0.319 e. The van der Waals surface area contributed by atoms with Crippen molar-refractivity contribution in [3.05, 3.63) is 24.3 Å². The lowest BCUT2D eigenvalue weighted by atomic mass is 10.1. The molecule has 0 aliphatic carbocycles. The van der Waals surface area contributed by atoms with E-state index in [1.54, 1.807) is 0 Å². The Kier molecular flexibility index (Phi) is 5.87. The van der Waals surface area contributed by atoms with Crippen LogP contribution >= 0.6 is 0 Å². The summed E-state index contributed by atoms with van der Waals surface area (Å²) in [5.41, 5.74) is 1.93. The Balaban J connectivity index is 2.00. The number of aliphatic hydroxyl groups excluding tert-OH is 1. The fourth-order valence-corrected chi connectivity index (χ4v) is 2.69. The first-order chi connectivity index (χ1) is 10.2. The van der Waals surface area contributed by atoms with Crippen LogP contribution in [0.1, 0.15) is 32.6 Å². The third-order valence-electron chi connectivity index (χ3n) is 3.90. The van der Waals surface area contributed by atoms with Gasteiger partial charge in [0.1, 0.15) is 0 Å². The van der Waals surface area contributed by atoms with Gasteiger partial charge in [-0.1, -0.05) is 19.1 Å². The van der Waals surface area contributed by atoms with E-state index in [9.17, 15) is 4.79 Å². The molecule has 5 nitrogen and oxygen atoms in total. The van der Waals surface area contributed by atoms with Crippen molar-refractivity contribution < 1.29 is 9.90 Å². The SMILES string of the molecule is CCC(CCO)NC(=O)Nc1ccccc1N1CCCC1. The van der Waals surface area contributed by atoms with Gasteiger partial charge < -0.3 is 20.6 Å². The summed E-state index contributed by atoms with van der Waals surface area (Å²) in [6, 6.07) is 7.71. The predicted octanol–water partition coefficient (Wildman–Crippen LogP) is 2.57. The van der Waals surface area contributed by atoms with Crippen LogP contribution in [0.15, 0.2) is 24.3 Å². The Labute approximate surface area is 126 Å². The molecule has 2 amide bonds. The molecule has 1 atom stereocenters. The van der Waals surface area contributed by atoms with E-state index in [2.05, 4.69) is 15.5 Å². The van der Waals surface area contributed by atoms with Crippen molar-refractivity contribution in [1.82, 2.24) is 5.32 Å². The zero-order valence-corrected chi connectivity index (χ0v) is 12.6. The Morgan fingerprint density at radius 2 is 2.05 bits per heavy atom. The number of urea groups is 1. The first-order valence-electron chi connectivity index (χ1n) is 7.77. The van der Waals surface area contributed by atoms with Crippen LogP contribution in [0, 0.1) is 0 Å². The molecule has 1 saturated heterocycles. The number of benzene rings is 1. The van der Waals surface area contributed by atoms with Crippen LogP contribution in [0.4, 0.5) is 16.2 Å². The first kappa shape index (κ1) is 15.6. The molecule has 0 aromatic heterocycles. The Morgan fingerprint density at radius 1 is 1.33 bits per heavy atom. The fraction of sp³-hybridized carbons (Fsp3) is 0.562. The van der Waals surface area contributed by atoms with E-state index in [0.717, 1.165) is 30.9 Å². The average Bonchev–Trinajstić information content (AvgIpc) is 3.01. The van der Waals surface area contributed by atoms with E-state index >= 15 is 0 Å². The summed E-state index contributed by atoms with van der Waals surface area (Å²) < 4.78 is 0. The summed E-state index contributed by atoms with van der Waals surface area (Å²) in [6.45, 7) is 4.17. The van der Waals surface area contributed by atoms with Gasteiger partial charge in [-0.05, 0) is 37.8 Å². The minimum atomic E-state index is -0.207. The third kappa shape index (κ3) is 4.36. The van der Waals surface area contributed by atoms with Gasteiger partial charge in [0, 0.05) is 25.7 Å². The molecule has 116 valence electrons. The molecule has 1 aromatic rings. The van der Waals surface area contributed by atoms with Crippen LogP contribution in [0.3, 0.4) is 0 Å². The summed E-state index contributed by atoms with van der Waals surface area (Å²) >= 11 is 0. The fourth-order valence-electron chi connectivity index (χ4n) is 2.69. The van der Waals surface area contributed by atoms with Crippen molar-refractivity contribution in [2.24, 2.45) is 0 Å². The summed E-state index contributed by atoms with van der Waals surface area (Å²) in [4.78, 5) is 14.4. The number of hydrogen-bond donors (Lipinski definition) is 3. The minimum Gasteiger partial charge on any atom is -0.396 e. The quantitative estimate of drug-likeness (QED) is 0.755. The van der Waals surface area contributed by atoms with Crippen molar-refractivity contribution >= 4 is 17.4 Å². The second-order valence-electron chi connectivity index (χ2n) is 5.43. The number of amides is 2. The number of nitrogens with one attached hydrogen (secondary N) is 2. The first-order valence-corrected chi connectivity index (χ1v) is 7.77. The minimum absolute atomic E-state index is 0.00829. The monoisotopic (exact) mass is 291 g/mol. The largest absolute Gasteiger partial charge is 0.396 e. The maximum Gasteiger partial charge on any atom is 0.319 e. The lowest BCUT2D eigenvalue weighted by Crippen LogP contribution is -2.38. The number of anilines is 2. The second-order valence-corrected chi connectivity index (χ2v) is 5.43. The zero-order valence-electron chi connectivity index (χ0n) is 12.6. The van der Waals surface area contributed by atoms with E-state index < -0.39 is 0 Å². The summed E-state index contributed by atoms with van der Waals surface area (Å²) in [6.07, 6.45) is 3.79. The molecule has 5 heteroatoms. The lowest BCUT2D eigenvalue weighted by molar-refractivity contribution is 0.237. The van der Waals surface area contributed by atoms with Crippen molar-refractivity contribution in [3.63, 3.8) is 0 Å². The Morgan fingerprint density at radius 3 is 2.71 bits per heavy atom. The molecular weight excluding hydrogens is 266 g/mol. The van der Waals surface area contributed by atoms with Gasteiger partial charge >= 0.3 is 6.03 Å². The van der Waals surface area contributed by atoms with Crippen LogP contribution in [0.5, 0.6) is 0 Å². The van der Waals surface area contributed by atoms with Crippen LogP contribution < -0.4 is 15.5 Å². The number of hydrogen-bond acceptors (Lipinski definition) is 3. The van der Waals surface area contributed by atoms with Crippen molar-refractivity contribution in [2.45, 2.75) is 38.6 Å². The molecule has 1 unspecified atom stereocenters. The Bertz CT molecular complexity index is 459. The molecule has 21 heavy (non-hydrogen) atoms. The van der Waals surface area contributed by atoms with E-state index in [1.165, 1.54) is 12.8 Å². The standard InChI is InChI=1S/C16H25N3O2/c1-2-13(9-12-20)17-16(21)18-14-7-3-4-8-15(14)19-10-5-6-11-19/h3-4,7-8,13,20H,2,5-6,9-12H2,1H3,(H2,17,18,21). The van der Waals surface area contributed by atoms with Gasteiger partial charge in [-0.25, -0.2) is 4.79 Å². The third-order valence-corrected chi connectivity index (χ3v) is 3.90.